The van der Waals surface area contributed by atoms with Crippen LogP contribution in [0.15, 0.2) is 30.5 Å². The van der Waals surface area contributed by atoms with Gasteiger partial charge in [-0.25, -0.2) is 9.78 Å². The third kappa shape index (κ3) is 7.76. The molecule has 3 heterocycles. The normalized spacial score (nSPS) is 22.0. The van der Waals surface area contributed by atoms with E-state index in [4.69, 9.17) is 18.9 Å². The quantitative estimate of drug-likeness (QED) is 0.507. The van der Waals surface area contributed by atoms with Crippen LogP contribution < -0.4 is 29.7 Å². The van der Waals surface area contributed by atoms with Gasteiger partial charge in [0, 0.05) is 37.5 Å². The van der Waals surface area contributed by atoms with Crippen molar-refractivity contribution < 1.29 is 41.7 Å². The minimum absolute atomic E-state index is 0.0561. The first-order chi connectivity index (χ1) is 18.8. The number of urea groups is 1. The highest BCUT2D eigenvalue weighted by Gasteiger charge is 2.32. The van der Waals surface area contributed by atoms with E-state index < -0.39 is 18.1 Å². The van der Waals surface area contributed by atoms with Crippen LogP contribution in [0.3, 0.4) is 0 Å². The zero-order valence-corrected chi connectivity index (χ0v) is 21.1. The third-order valence-electron chi connectivity index (χ3n) is 6.54. The molecule has 0 radical (unpaired) electrons. The van der Waals surface area contributed by atoms with Crippen molar-refractivity contribution in [3.63, 3.8) is 0 Å². The molecule has 2 N–H and O–H groups in total. The number of alkyl halides is 3. The Hall–Kier alpha value is -3.52. The lowest BCUT2D eigenvalue weighted by Crippen LogP contribution is -2.42. The number of anilines is 2. The predicted octanol–water partition coefficient (Wildman–Crippen LogP) is 3.50. The van der Waals surface area contributed by atoms with Gasteiger partial charge in [-0.15, -0.1) is 13.2 Å². The maximum atomic E-state index is 12.7. The Morgan fingerprint density at radius 2 is 1.77 bits per heavy atom. The number of aromatic nitrogens is 2. The summed E-state index contributed by atoms with van der Waals surface area (Å²) in [6.45, 7) is 3.45. The van der Waals surface area contributed by atoms with Gasteiger partial charge in [0.15, 0.2) is 0 Å². The maximum absolute atomic E-state index is 12.7. The van der Waals surface area contributed by atoms with Crippen molar-refractivity contribution in [2.45, 2.75) is 50.3 Å². The summed E-state index contributed by atoms with van der Waals surface area (Å²) in [5.41, 5.74) is 0.0676. The van der Waals surface area contributed by atoms with Crippen LogP contribution in [0.2, 0.25) is 0 Å². The van der Waals surface area contributed by atoms with Crippen molar-refractivity contribution in [3.05, 3.63) is 30.5 Å². The predicted molar refractivity (Wildman–Crippen MR) is 132 cm³/mol. The van der Waals surface area contributed by atoms with Gasteiger partial charge in [-0.05, 0) is 37.8 Å². The number of hydrogen-bond acceptors (Lipinski definition) is 9. The molecule has 1 aromatic heterocycles. The highest BCUT2D eigenvalue weighted by molar-refractivity contribution is 5.91. The molecule has 1 aromatic carbocycles. The van der Waals surface area contributed by atoms with Gasteiger partial charge < -0.3 is 39.2 Å². The highest BCUT2D eigenvalue weighted by atomic mass is 19.4. The molecule has 0 atom stereocenters. The SMILES string of the molecule is O=C(Nc1cc(OC(F)(F)F)ccc1OC1COC1)N[C@H]1CC[C@H](Oc2ccnc(N3CCOCC3)n2)CC1. The Morgan fingerprint density at radius 3 is 2.46 bits per heavy atom. The van der Waals surface area contributed by atoms with Gasteiger partial charge in [0.25, 0.3) is 0 Å². The fraction of sp³-hybridized carbons (Fsp3) is 0.560. The topological polar surface area (TPSA) is 116 Å². The molecular formula is C25H30F3N5O6. The molecule has 0 bridgehead atoms. The first-order valence-electron chi connectivity index (χ1n) is 12.8. The van der Waals surface area contributed by atoms with Crippen LogP contribution in [-0.2, 0) is 9.47 Å². The van der Waals surface area contributed by atoms with E-state index >= 15 is 0 Å². The smallest absolute Gasteiger partial charge is 0.483 e. The van der Waals surface area contributed by atoms with Gasteiger partial charge in [-0.3, -0.25) is 0 Å². The lowest BCUT2D eigenvalue weighted by Gasteiger charge is -2.30. The molecule has 1 saturated carbocycles. The molecule has 3 aliphatic rings. The highest BCUT2D eigenvalue weighted by Crippen LogP contribution is 2.33. The van der Waals surface area contributed by atoms with E-state index in [1.165, 1.54) is 6.07 Å². The minimum Gasteiger partial charge on any atom is -0.483 e. The fourth-order valence-electron chi connectivity index (χ4n) is 4.52. The van der Waals surface area contributed by atoms with Gasteiger partial charge in [-0.2, -0.15) is 4.98 Å². The minimum atomic E-state index is -4.86. The van der Waals surface area contributed by atoms with E-state index in [-0.39, 0.29) is 29.7 Å². The van der Waals surface area contributed by atoms with Crippen molar-refractivity contribution in [2.24, 2.45) is 0 Å². The van der Waals surface area contributed by atoms with Crippen molar-refractivity contribution in [3.8, 4) is 17.4 Å². The second-order valence-corrected chi connectivity index (χ2v) is 9.47. The number of amides is 2. The molecule has 2 aromatic rings. The second-order valence-electron chi connectivity index (χ2n) is 9.47. The number of nitrogens with one attached hydrogen (secondary N) is 2. The number of morpholine rings is 1. The van der Waals surface area contributed by atoms with E-state index in [1.54, 1.807) is 12.3 Å². The molecule has 3 fully saturated rings. The van der Waals surface area contributed by atoms with Crippen molar-refractivity contribution in [1.29, 1.82) is 0 Å². The summed E-state index contributed by atoms with van der Waals surface area (Å²) in [6.07, 6.45) is -0.744. The van der Waals surface area contributed by atoms with Gasteiger partial charge in [0.05, 0.1) is 32.1 Å². The Balaban J connectivity index is 1.13. The van der Waals surface area contributed by atoms with Gasteiger partial charge in [0.2, 0.25) is 11.8 Å². The summed E-state index contributed by atoms with van der Waals surface area (Å²) in [5, 5.41) is 5.49. The number of carbonyl (C=O) groups excluding carboxylic acids is 1. The van der Waals surface area contributed by atoms with E-state index in [1.807, 2.05) is 0 Å². The molecular weight excluding hydrogens is 523 g/mol. The second kappa shape index (κ2) is 12.1. The summed E-state index contributed by atoms with van der Waals surface area (Å²) in [7, 11) is 0. The molecule has 2 saturated heterocycles. The van der Waals surface area contributed by atoms with E-state index in [0.29, 0.717) is 63.9 Å². The van der Waals surface area contributed by atoms with Crippen LogP contribution in [0.5, 0.6) is 17.4 Å². The first kappa shape index (κ1) is 27.1. The molecule has 2 aliphatic heterocycles. The standard InChI is InChI=1S/C25H30F3N5O6/c26-25(27,28)39-18-5-6-21(37-19-14-36-15-19)20(13-18)31-24(34)30-16-1-3-17(4-2-16)38-22-7-8-29-23(32-22)33-9-11-35-12-10-33/h5-8,13,16-17,19H,1-4,9-12,14-15H2,(H2,30,31,34)/t16-,17-. The summed E-state index contributed by atoms with van der Waals surface area (Å²) in [4.78, 5) is 23.6. The van der Waals surface area contributed by atoms with E-state index in [0.717, 1.165) is 25.2 Å². The van der Waals surface area contributed by atoms with Crippen LogP contribution in [0, 0.1) is 0 Å². The number of halogens is 3. The number of ether oxygens (including phenoxy) is 5. The Bertz CT molecular complexity index is 1120. The summed E-state index contributed by atoms with van der Waals surface area (Å²) >= 11 is 0. The summed E-state index contributed by atoms with van der Waals surface area (Å²) in [6, 6.07) is 4.60. The van der Waals surface area contributed by atoms with Crippen LogP contribution in [0.4, 0.5) is 29.6 Å². The lowest BCUT2D eigenvalue weighted by molar-refractivity contribution is -0.274. The Kier molecular flexibility index (Phi) is 8.41. The van der Waals surface area contributed by atoms with Gasteiger partial charge >= 0.3 is 12.4 Å². The van der Waals surface area contributed by atoms with E-state index in [9.17, 15) is 18.0 Å². The first-order valence-corrected chi connectivity index (χ1v) is 12.8. The van der Waals surface area contributed by atoms with Gasteiger partial charge in [-0.1, -0.05) is 0 Å². The molecule has 5 rings (SSSR count). The number of carbonyl (C=O) groups is 1. The average molecular weight is 554 g/mol. The van der Waals surface area contributed by atoms with Gasteiger partial charge in [0.1, 0.15) is 23.7 Å². The summed E-state index contributed by atoms with van der Waals surface area (Å²) < 4.78 is 64.4. The van der Waals surface area contributed by atoms with Crippen LogP contribution in [0.1, 0.15) is 25.7 Å². The third-order valence-corrected chi connectivity index (χ3v) is 6.54. The summed E-state index contributed by atoms with van der Waals surface area (Å²) in [5.74, 6) is 0.882. The Morgan fingerprint density at radius 1 is 1.00 bits per heavy atom. The van der Waals surface area contributed by atoms with Crippen LogP contribution in [0.25, 0.3) is 0 Å². The van der Waals surface area contributed by atoms with Crippen LogP contribution in [-0.4, -0.2) is 80.1 Å². The number of rotatable bonds is 8. The van der Waals surface area contributed by atoms with Crippen molar-refractivity contribution in [2.75, 3.05) is 49.7 Å². The molecule has 39 heavy (non-hydrogen) atoms. The lowest BCUT2D eigenvalue weighted by atomic mass is 9.93. The molecule has 212 valence electrons. The molecule has 14 heteroatoms. The number of hydrogen-bond donors (Lipinski definition) is 2. The van der Waals surface area contributed by atoms with Crippen molar-refractivity contribution >= 4 is 17.7 Å². The Labute approximate surface area is 222 Å². The monoisotopic (exact) mass is 553 g/mol. The zero-order chi connectivity index (χ0) is 27.2. The zero-order valence-electron chi connectivity index (χ0n) is 21.1. The molecule has 2 amide bonds. The van der Waals surface area contributed by atoms with Crippen LogP contribution >= 0.6 is 0 Å². The molecule has 0 unspecified atom stereocenters. The van der Waals surface area contributed by atoms with Crippen molar-refractivity contribution in [1.82, 2.24) is 15.3 Å². The molecule has 1 aliphatic carbocycles. The number of nitrogens with zero attached hydrogens (tertiary/aromatic N) is 3. The largest absolute Gasteiger partial charge is 0.573 e. The molecule has 11 nitrogen and oxygen atoms in total. The fourth-order valence-corrected chi connectivity index (χ4v) is 4.52. The maximum Gasteiger partial charge on any atom is 0.573 e. The average Bonchev–Trinajstić information content (AvgIpc) is 2.88. The molecule has 0 spiro atoms. The number of benzene rings is 1. The van der Waals surface area contributed by atoms with E-state index in [2.05, 4.69) is 30.2 Å².